The molecule has 0 aliphatic heterocycles. The zero-order valence-electron chi connectivity index (χ0n) is 12.0. The van der Waals surface area contributed by atoms with Gasteiger partial charge < -0.3 is 9.88 Å². The predicted molar refractivity (Wildman–Crippen MR) is 84.8 cm³/mol. The van der Waals surface area contributed by atoms with Crippen molar-refractivity contribution < 1.29 is 9.18 Å². The van der Waals surface area contributed by atoms with Crippen molar-refractivity contribution in [1.82, 2.24) is 4.57 Å². The van der Waals surface area contributed by atoms with Gasteiger partial charge in [-0.25, -0.2) is 4.39 Å². The van der Waals surface area contributed by atoms with Gasteiger partial charge in [0, 0.05) is 23.6 Å². The van der Waals surface area contributed by atoms with Gasteiger partial charge in [-0.15, -0.1) is 0 Å². The fourth-order valence-corrected chi connectivity index (χ4v) is 2.25. The van der Waals surface area contributed by atoms with Crippen molar-refractivity contribution in [2.75, 3.05) is 5.32 Å². The Morgan fingerprint density at radius 1 is 1.09 bits per heavy atom. The smallest absolute Gasteiger partial charge is 0.255 e. The van der Waals surface area contributed by atoms with Crippen molar-refractivity contribution in [2.24, 2.45) is 0 Å². The third kappa shape index (κ3) is 2.97. The molecule has 0 spiro atoms. The number of hydrogen-bond donors (Lipinski definition) is 1. The molecule has 1 aromatic heterocycles. The molecule has 0 saturated carbocycles. The number of benzene rings is 2. The first-order valence-electron chi connectivity index (χ1n) is 6.92. The molecule has 0 radical (unpaired) electrons. The minimum Gasteiger partial charge on any atom is -0.324 e. The number of carbonyl (C=O) groups is 1. The third-order valence-corrected chi connectivity index (χ3v) is 3.38. The molecule has 112 valence electrons. The van der Waals surface area contributed by atoms with E-state index in [4.69, 9.17) is 5.26 Å². The van der Waals surface area contributed by atoms with Gasteiger partial charge in [0.05, 0.1) is 5.69 Å². The average Bonchev–Trinajstić information content (AvgIpc) is 3.10. The van der Waals surface area contributed by atoms with Crippen LogP contribution in [0.15, 0.2) is 67.0 Å². The second-order valence-corrected chi connectivity index (χ2v) is 4.87. The summed E-state index contributed by atoms with van der Waals surface area (Å²) in [5.41, 5.74) is 1.23. The van der Waals surface area contributed by atoms with Gasteiger partial charge in [0.15, 0.2) is 0 Å². The van der Waals surface area contributed by atoms with Gasteiger partial charge in [-0.1, -0.05) is 12.1 Å². The van der Waals surface area contributed by atoms with Gasteiger partial charge in [-0.2, -0.15) is 5.26 Å². The lowest BCUT2D eigenvalue weighted by atomic mass is 10.1. The number of halogens is 1. The van der Waals surface area contributed by atoms with E-state index in [2.05, 4.69) is 5.32 Å². The summed E-state index contributed by atoms with van der Waals surface area (Å²) in [6.45, 7) is 0. The maximum atomic E-state index is 13.6. The first kappa shape index (κ1) is 14.5. The highest BCUT2D eigenvalue weighted by atomic mass is 19.1. The Morgan fingerprint density at radius 3 is 2.57 bits per heavy atom. The fourth-order valence-electron chi connectivity index (χ4n) is 2.25. The van der Waals surface area contributed by atoms with Gasteiger partial charge in [-0.3, -0.25) is 4.79 Å². The van der Waals surface area contributed by atoms with Crippen molar-refractivity contribution in [3.05, 3.63) is 83.9 Å². The number of hydrogen-bond acceptors (Lipinski definition) is 2. The number of anilines is 1. The van der Waals surface area contributed by atoms with Gasteiger partial charge in [0.1, 0.15) is 17.4 Å². The summed E-state index contributed by atoms with van der Waals surface area (Å²) in [4.78, 5) is 12.4. The van der Waals surface area contributed by atoms with Crippen molar-refractivity contribution >= 4 is 11.6 Å². The molecular formula is C18H12FN3O. The molecule has 0 saturated heterocycles. The second-order valence-electron chi connectivity index (χ2n) is 4.87. The molecule has 1 heterocycles. The van der Waals surface area contributed by atoms with Crippen LogP contribution in [0.4, 0.5) is 10.1 Å². The monoisotopic (exact) mass is 305 g/mol. The summed E-state index contributed by atoms with van der Waals surface area (Å²) in [5.74, 6) is -1.06. The van der Waals surface area contributed by atoms with E-state index in [1.807, 2.05) is 35.2 Å². The van der Waals surface area contributed by atoms with Gasteiger partial charge >= 0.3 is 0 Å². The molecule has 0 aliphatic rings. The molecule has 0 atom stereocenters. The molecular weight excluding hydrogens is 293 g/mol. The third-order valence-electron chi connectivity index (χ3n) is 3.38. The molecule has 5 heteroatoms. The fraction of sp³-hybridized carbons (Fsp3) is 0. The van der Waals surface area contributed by atoms with E-state index in [-0.39, 0.29) is 11.3 Å². The molecule has 0 aliphatic carbocycles. The van der Waals surface area contributed by atoms with Crippen LogP contribution in [-0.4, -0.2) is 10.5 Å². The molecule has 4 nitrogen and oxygen atoms in total. The molecule has 0 bridgehead atoms. The first-order chi connectivity index (χ1) is 11.2. The number of amides is 1. The van der Waals surface area contributed by atoms with Gasteiger partial charge in [0.25, 0.3) is 5.91 Å². The summed E-state index contributed by atoms with van der Waals surface area (Å²) in [6, 6.07) is 16.7. The zero-order chi connectivity index (χ0) is 16.2. The highest BCUT2D eigenvalue weighted by Crippen LogP contribution is 2.19. The first-order valence-corrected chi connectivity index (χ1v) is 6.92. The van der Waals surface area contributed by atoms with Crippen LogP contribution in [-0.2, 0) is 0 Å². The Bertz CT molecular complexity index is 895. The lowest BCUT2D eigenvalue weighted by Crippen LogP contribution is -2.13. The minimum atomic E-state index is -0.661. The van der Waals surface area contributed by atoms with Gasteiger partial charge in [0.2, 0.25) is 0 Å². The molecule has 1 N–H and O–H groups in total. The molecule has 1 amide bonds. The normalized spacial score (nSPS) is 10.1. The molecule has 3 rings (SSSR count). The van der Waals surface area contributed by atoms with Crippen LogP contribution in [0.5, 0.6) is 0 Å². The van der Waals surface area contributed by atoms with E-state index in [1.54, 1.807) is 24.3 Å². The van der Waals surface area contributed by atoms with E-state index in [9.17, 15) is 9.18 Å². The van der Waals surface area contributed by atoms with E-state index in [0.29, 0.717) is 5.56 Å². The van der Waals surface area contributed by atoms with Crippen LogP contribution >= 0.6 is 0 Å². The number of rotatable bonds is 3. The lowest BCUT2D eigenvalue weighted by Gasteiger charge is -2.09. The Hall–Kier alpha value is -3.39. The second kappa shape index (κ2) is 6.16. The molecule has 2 aromatic carbocycles. The van der Waals surface area contributed by atoms with Crippen LogP contribution in [0.25, 0.3) is 5.69 Å². The number of nitrogens with one attached hydrogen (secondary N) is 1. The van der Waals surface area contributed by atoms with Crippen LogP contribution < -0.4 is 5.32 Å². The van der Waals surface area contributed by atoms with E-state index in [1.165, 1.54) is 18.2 Å². The lowest BCUT2D eigenvalue weighted by molar-refractivity contribution is 0.102. The standard InChI is InChI=1S/C18H12FN3O/c19-16-7-4-8-17(15(16)12-20)21-18(23)13-5-3-6-14(11-13)22-9-1-2-10-22/h1-11H,(H,21,23). The number of nitrogens with zero attached hydrogens (tertiary/aromatic N) is 2. The average molecular weight is 305 g/mol. The predicted octanol–water partition coefficient (Wildman–Crippen LogP) is 3.74. The van der Waals surface area contributed by atoms with E-state index >= 15 is 0 Å². The van der Waals surface area contributed by atoms with Crippen molar-refractivity contribution in [2.45, 2.75) is 0 Å². The maximum absolute atomic E-state index is 13.6. The van der Waals surface area contributed by atoms with Gasteiger partial charge in [-0.05, 0) is 42.5 Å². The quantitative estimate of drug-likeness (QED) is 0.801. The summed E-state index contributed by atoms with van der Waals surface area (Å²) < 4.78 is 15.5. The summed E-state index contributed by atoms with van der Waals surface area (Å²) in [7, 11) is 0. The number of carbonyl (C=O) groups excluding carboxylic acids is 1. The molecule has 0 fully saturated rings. The van der Waals surface area contributed by atoms with Crippen molar-refractivity contribution in [3.8, 4) is 11.8 Å². The van der Waals surface area contributed by atoms with Crippen LogP contribution in [0.3, 0.4) is 0 Å². The molecule has 23 heavy (non-hydrogen) atoms. The SMILES string of the molecule is N#Cc1c(F)cccc1NC(=O)c1cccc(-n2cccc2)c1. The topological polar surface area (TPSA) is 57.8 Å². The Labute approximate surface area is 132 Å². The van der Waals surface area contributed by atoms with Crippen LogP contribution in [0.2, 0.25) is 0 Å². The highest BCUT2D eigenvalue weighted by molar-refractivity contribution is 6.05. The summed E-state index contributed by atoms with van der Waals surface area (Å²) in [6.07, 6.45) is 3.74. The Balaban J connectivity index is 1.89. The van der Waals surface area contributed by atoms with Crippen LogP contribution in [0, 0.1) is 17.1 Å². The molecule has 3 aromatic rings. The van der Waals surface area contributed by atoms with Crippen molar-refractivity contribution in [1.29, 1.82) is 5.26 Å². The summed E-state index contributed by atoms with van der Waals surface area (Å²) in [5, 5.41) is 11.6. The Morgan fingerprint density at radius 2 is 1.83 bits per heavy atom. The molecule has 0 unspecified atom stereocenters. The largest absolute Gasteiger partial charge is 0.324 e. The zero-order valence-corrected chi connectivity index (χ0v) is 12.0. The number of aromatic nitrogens is 1. The number of nitriles is 1. The highest BCUT2D eigenvalue weighted by Gasteiger charge is 2.12. The van der Waals surface area contributed by atoms with E-state index in [0.717, 1.165) is 5.69 Å². The Kier molecular flexibility index (Phi) is 3.89. The van der Waals surface area contributed by atoms with Crippen molar-refractivity contribution in [3.63, 3.8) is 0 Å². The van der Waals surface area contributed by atoms with Crippen LogP contribution in [0.1, 0.15) is 15.9 Å². The summed E-state index contributed by atoms with van der Waals surface area (Å²) >= 11 is 0. The van der Waals surface area contributed by atoms with E-state index < -0.39 is 11.7 Å². The maximum Gasteiger partial charge on any atom is 0.255 e. The minimum absolute atomic E-state index is 0.156.